The summed E-state index contributed by atoms with van der Waals surface area (Å²) >= 11 is 3.44. The van der Waals surface area contributed by atoms with Gasteiger partial charge in [-0.3, -0.25) is 0 Å². The number of hydrogen-bond acceptors (Lipinski definition) is 6. The van der Waals surface area contributed by atoms with Crippen LogP contribution in [0.4, 0.5) is 0 Å². The van der Waals surface area contributed by atoms with Crippen molar-refractivity contribution in [3.8, 4) is 0 Å². The predicted octanol–water partition coefficient (Wildman–Crippen LogP) is 4.33. The number of thiazole rings is 1. The first kappa shape index (κ1) is 15.2. The van der Waals surface area contributed by atoms with E-state index in [1.807, 2.05) is 6.92 Å². The number of benzene rings is 1. The third-order valence-corrected chi connectivity index (χ3v) is 5.41. The monoisotopic (exact) mass is 331 g/mol. The van der Waals surface area contributed by atoms with Crippen LogP contribution in [0, 0.1) is 20.8 Å². The maximum absolute atomic E-state index is 5.13. The van der Waals surface area contributed by atoms with E-state index in [0.29, 0.717) is 18.1 Å². The Morgan fingerprint density at radius 3 is 2.82 bits per heavy atom. The number of rotatable bonds is 5. The molecule has 0 saturated heterocycles. The van der Waals surface area contributed by atoms with Crippen molar-refractivity contribution in [3.63, 3.8) is 0 Å². The summed E-state index contributed by atoms with van der Waals surface area (Å²) in [6.45, 7) is 6.10. The molecule has 22 heavy (non-hydrogen) atoms. The molecule has 6 heteroatoms. The van der Waals surface area contributed by atoms with Gasteiger partial charge in [0.15, 0.2) is 5.82 Å². The molecule has 3 rings (SSSR count). The highest BCUT2D eigenvalue weighted by Crippen LogP contribution is 2.28. The molecule has 0 aliphatic rings. The molecule has 0 amide bonds. The molecule has 4 nitrogen and oxygen atoms in total. The summed E-state index contributed by atoms with van der Waals surface area (Å²) in [5, 5.41) is 5.86. The molecule has 2 aromatic heterocycles. The maximum Gasteiger partial charge on any atom is 0.232 e. The molecule has 3 aromatic rings. The topological polar surface area (TPSA) is 51.8 Å². The number of aromatic nitrogens is 3. The van der Waals surface area contributed by atoms with Crippen LogP contribution in [0.25, 0.3) is 0 Å². The minimum absolute atomic E-state index is 0.599. The molecule has 0 fully saturated rings. The minimum atomic E-state index is 0.599. The molecule has 0 aliphatic heterocycles. The average Bonchev–Trinajstić information content (AvgIpc) is 3.10. The molecule has 114 valence electrons. The van der Waals surface area contributed by atoms with Crippen molar-refractivity contribution in [3.05, 3.63) is 57.7 Å². The largest absolute Gasteiger partial charge is 0.339 e. The van der Waals surface area contributed by atoms with Gasteiger partial charge < -0.3 is 4.52 Å². The Morgan fingerprint density at radius 1 is 1.18 bits per heavy atom. The van der Waals surface area contributed by atoms with E-state index in [1.54, 1.807) is 23.1 Å². The van der Waals surface area contributed by atoms with E-state index in [-0.39, 0.29) is 0 Å². The quantitative estimate of drug-likeness (QED) is 0.651. The molecule has 0 N–H and O–H groups in total. The highest BCUT2D eigenvalue weighted by atomic mass is 32.2. The van der Waals surface area contributed by atoms with Gasteiger partial charge in [0.1, 0.15) is 4.34 Å². The lowest BCUT2D eigenvalue weighted by molar-refractivity contribution is 0.380. The van der Waals surface area contributed by atoms with Crippen LogP contribution in [0.2, 0.25) is 0 Å². The molecule has 0 unspecified atom stereocenters. The Balaban J connectivity index is 1.63. The molecule has 0 spiro atoms. The summed E-state index contributed by atoms with van der Waals surface area (Å²) in [4.78, 5) is 8.85. The van der Waals surface area contributed by atoms with Crippen LogP contribution < -0.4 is 0 Å². The minimum Gasteiger partial charge on any atom is -0.339 e. The van der Waals surface area contributed by atoms with Crippen molar-refractivity contribution in [2.45, 2.75) is 37.3 Å². The normalized spacial score (nSPS) is 11.0. The van der Waals surface area contributed by atoms with Crippen molar-refractivity contribution >= 4 is 23.1 Å². The smallest absolute Gasteiger partial charge is 0.232 e. The number of thioether (sulfide) groups is 1. The summed E-state index contributed by atoms with van der Waals surface area (Å²) in [6.07, 6.45) is 0.599. The zero-order chi connectivity index (χ0) is 15.5. The van der Waals surface area contributed by atoms with Crippen molar-refractivity contribution in [1.29, 1.82) is 0 Å². The summed E-state index contributed by atoms with van der Waals surface area (Å²) in [5.41, 5.74) is 4.98. The van der Waals surface area contributed by atoms with Crippen LogP contribution in [0.15, 0.2) is 32.4 Å². The Morgan fingerprint density at radius 2 is 2.05 bits per heavy atom. The van der Waals surface area contributed by atoms with Gasteiger partial charge in [-0.05, 0) is 31.9 Å². The van der Waals surface area contributed by atoms with Crippen LogP contribution in [0.1, 0.15) is 34.1 Å². The Bertz CT molecular complexity index is 779. The Kier molecular flexibility index (Phi) is 4.59. The molecule has 1 aromatic carbocycles. The number of aryl methyl sites for hydroxylation is 3. The average molecular weight is 331 g/mol. The predicted molar refractivity (Wildman–Crippen MR) is 89.4 cm³/mol. The molecule has 0 bridgehead atoms. The summed E-state index contributed by atoms with van der Waals surface area (Å²) < 4.78 is 6.21. The van der Waals surface area contributed by atoms with Gasteiger partial charge in [-0.15, -0.1) is 11.3 Å². The van der Waals surface area contributed by atoms with Crippen LogP contribution in [0.3, 0.4) is 0 Å². The fourth-order valence-electron chi connectivity index (χ4n) is 2.10. The zero-order valence-electron chi connectivity index (χ0n) is 12.8. The third kappa shape index (κ3) is 3.75. The molecular formula is C16H17N3OS2. The summed E-state index contributed by atoms with van der Waals surface area (Å²) in [6, 6.07) is 6.58. The fraction of sp³-hybridized carbons (Fsp3) is 0.312. The Labute approximate surface area is 138 Å². The lowest BCUT2D eigenvalue weighted by Crippen LogP contribution is -1.90. The maximum atomic E-state index is 5.13. The van der Waals surface area contributed by atoms with E-state index in [1.165, 1.54) is 16.7 Å². The first-order chi connectivity index (χ1) is 10.6. The van der Waals surface area contributed by atoms with Gasteiger partial charge in [-0.1, -0.05) is 40.7 Å². The van der Waals surface area contributed by atoms with E-state index >= 15 is 0 Å². The van der Waals surface area contributed by atoms with Gasteiger partial charge in [0, 0.05) is 11.1 Å². The zero-order valence-corrected chi connectivity index (χ0v) is 14.4. The van der Waals surface area contributed by atoms with Crippen molar-refractivity contribution in [2.75, 3.05) is 0 Å². The first-order valence-corrected chi connectivity index (χ1v) is 8.89. The third-order valence-electron chi connectivity index (χ3n) is 3.29. The van der Waals surface area contributed by atoms with Gasteiger partial charge in [0.05, 0.1) is 12.1 Å². The molecule has 0 atom stereocenters. The molecule has 0 saturated carbocycles. The SMILES string of the molecule is Cc1ccc(C)c(CSc2nc(Cc3nc(C)no3)cs2)c1. The number of hydrogen-bond donors (Lipinski definition) is 0. The lowest BCUT2D eigenvalue weighted by atomic mass is 10.1. The second kappa shape index (κ2) is 6.62. The Hall–Kier alpha value is -1.66. The molecule has 2 heterocycles. The van der Waals surface area contributed by atoms with E-state index in [4.69, 9.17) is 4.52 Å². The fourth-order valence-corrected chi connectivity index (χ4v) is 4.01. The van der Waals surface area contributed by atoms with Gasteiger partial charge in [-0.2, -0.15) is 4.98 Å². The van der Waals surface area contributed by atoms with Crippen LogP contribution >= 0.6 is 23.1 Å². The standard InChI is InChI=1S/C16H17N3OS2/c1-10-4-5-11(2)13(6-10)8-21-16-18-14(9-22-16)7-15-17-12(3)19-20-15/h4-6,9H,7-8H2,1-3H3. The van der Waals surface area contributed by atoms with Gasteiger partial charge in [0.2, 0.25) is 5.89 Å². The van der Waals surface area contributed by atoms with E-state index < -0.39 is 0 Å². The lowest BCUT2D eigenvalue weighted by Gasteiger charge is -2.05. The van der Waals surface area contributed by atoms with Gasteiger partial charge in [-0.25, -0.2) is 4.98 Å². The van der Waals surface area contributed by atoms with Gasteiger partial charge in [0.25, 0.3) is 0 Å². The van der Waals surface area contributed by atoms with Crippen LogP contribution in [-0.2, 0) is 12.2 Å². The van der Waals surface area contributed by atoms with Crippen LogP contribution in [-0.4, -0.2) is 15.1 Å². The van der Waals surface area contributed by atoms with E-state index in [9.17, 15) is 0 Å². The second-order valence-corrected chi connectivity index (χ2v) is 7.32. The summed E-state index contributed by atoms with van der Waals surface area (Å²) in [7, 11) is 0. The van der Waals surface area contributed by atoms with Crippen molar-refractivity contribution < 1.29 is 4.52 Å². The van der Waals surface area contributed by atoms with Crippen molar-refractivity contribution in [1.82, 2.24) is 15.1 Å². The first-order valence-electron chi connectivity index (χ1n) is 7.02. The van der Waals surface area contributed by atoms with Crippen molar-refractivity contribution in [2.24, 2.45) is 0 Å². The van der Waals surface area contributed by atoms with E-state index in [0.717, 1.165) is 15.8 Å². The number of nitrogens with zero attached hydrogens (tertiary/aromatic N) is 3. The van der Waals surface area contributed by atoms with Crippen LogP contribution in [0.5, 0.6) is 0 Å². The molecular weight excluding hydrogens is 314 g/mol. The molecule has 0 radical (unpaired) electrons. The molecule has 0 aliphatic carbocycles. The highest BCUT2D eigenvalue weighted by Gasteiger charge is 2.09. The second-order valence-electron chi connectivity index (χ2n) is 5.24. The summed E-state index contributed by atoms with van der Waals surface area (Å²) in [5.74, 6) is 2.23. The highest BCUT2D eigenvalue weighted by molar-refractivity contribution is 8.00. The van der Waals surface area contributed by atoms with Gasteiger partial charge >= 0.3 is 0 Å². The van der Waals surface area contributed by atoms with E-state index in [2.05, 4.69) is 52.6 Å².